The molecule has 0 unspecified atom stereocenters. The van der Waals surface area contributed by atoms with E-state index in [0.29, 0.717) is 11.8 Å². The third kappa shape index (κ3) is 0.668. The summed E-state index contributed by atoms with van der Waals surface area (Å²) >= 11 is 0. The van der Waals surface area contributed by atoms with Crippen LogP contribution < -0.4 is 0 Å². The Kier molecular flexibility index (Phi) is 1.17. The molecule has 5 rings (SSSR count). The lowest BCUT2D eigenvalue weighted by atomic mass is 9.60. The van der Waals surface area contributed by atoms with Crippen molar-refractivity contribution in [1.82, 2.24) is 0 Å². The third-order valence-electron chi connectivity index (χ3n) is 3.58. The first kappa shape index (κ1) is 7.21. The van der Waals surface area contributed by atoms with Gasteiger partial charge in [0.2, 0.25) is 0 Å². The van der Waals surface area contributed by atoms with E-state index in [1.54, 1.807) is 0 Å². The first-order valence-corrected chi connectivity index (χ1v) is 5.04. The van der Waals surface area contributed by atoms with Gasteiger partial charge in [-0.3, -0.25) is 0 Å². The second kappa shape index (κ2) is 2.27. The maximum absolute atomic E-state index is 5.28. The van der Waals surface area contributed by atoms with Gasteiger partial charge in [0.25, 0.3) is 0 Å². The smallest absolute Gasteiger partial charge is 0.119 e. The summed E-state index contributed by atoms with van der Waals surface area (Å²) in [7, 11) is 0. The Morgan fingerprint density at radius 3 is 1.71 bits per heavy atom. The van der Waals surface area contributed by atoms with Gasteiger partial charge in [0.05, 0.1) is 0 Å². The number of rotatable bonds is 0. The zero-order valence-electron chi connectivity index (χ0n) is 7.59. The van der Waals surface area contributed by atoms with Crippen LogP contribution in [-0.2, 0) is 9.78 Å². The van der Waals surface area contributed by atoms with Crippen molar-refractivity contribution >= 4 is 0 Å². The van der Waals surface area contributed by atoms with Gasteiger partial charge in [-0.25, -0.2) is 9.78 Å². The first-order chi connectivity index (χ1) is 6.95. The monoisotopic (exact) mass is 186 g/mol. The van der Waals surface area contributed by atoms with Gasteiger partial charge in [0.15, 0.2) is 0 Å². The second-order valence-electron chi connectivity index (χ2n) is 4.19. The van der Waals surface area contributed by atoms with Crippen LogP contribution >= 0.6 is 0 Å². The van der Waals surface area contributed by atoms with Gasteiger partial charge in [0, 0.05) is 11.8 Å². The Labute approximate surface area is 82.1 Å². The molecular formula is C12H10O2. The summed E-state index contributed by atoms with van der Waals surface area (Å²) in [6.45, 7) is 0. The maximum Gasteiger partial charge on any atom is 0.119 e. The average molecular weight is 186 g/mol. The molecule has 4 aliphatic rings. The molecule has 70 valence electrons. The molecule has 0 amide bonds. The van der Waals surface area contributed by atoms with Crippen molar-refractivity contribution in [3.8, 4) is 0 Å². The lowest BCUT2D eigenvalue weighted by molar-refractivity contribution is -0.375. The predicted molar refractivity (Wildman–Crippen MR) is 50.8 cm³/mol. The van der Waals surface area contributed by atoms with Crippen molar-refractivity contribution < 1.29 is 9.78 Å². The highest BCUT2D eigenvalue weighted by Gasteiger charge is 2.52. The number of hydrogen-bond acceptors (Lipinski definition) is 2. The van der Waals surface area contributed by atoms with E-state index in [2.05, 4.69) is 36.4 Å². The van der Waals surface area contributed by atoms with Crippen LogP contribution in [0.2, 0.25) is 0 Å². The van der Waals surface area contributed by atoms with E-state index < -0.39 is 0 Å². The van der Waals surface area contributed by atoms with E-state index in [1.165, 1.54) is 11.1 Å². The highest BCUT2D eigenvalue weighted by Crippen LogP contribution is 2.56. The summed E-state index contributed by atoms with van der Waals surface area (Å²) in [6, 6.07) is 8.60. The summed E-state index contributed by atoms with van der Waals surface area (Å²) in [5.41, 5.74) is 2.89. The van der Waals surface area contributed by atoms with Crippen LogP contribution in [0.25, 0.3) is 0 Å². The molecule has 2 nitrogen and oxygen atoms in total. The van der Waals surface area contributed by atoms with Crippen LogP contribution in [0.1, 0.15) is 23.0 Å². The molecule has 0 spiro atoms. The molecule has 4 atom stereocenters. The van der Waals surface area contributed by atoms with Gasteiger partial charge in [0.1, 0.15) is 12.2 Å². The van der Waals surface area contributed by atoms with Crippen molar-refractivity contribution in [3.05, 3.63) is 47.5 Å². The fraction of sp³-hybridized carbons (Fsp3) is 0.333. The molecule has 14 heavy (non-hydrogen) atoms. The fourth-order valence-corrected chi connectivity index (χ4v) is 2.94. The Balaban J connectivity index is 1.90. The molecule has 0 radical (unpaired) electrons. The van der Waals surface area contributed by atoms with Crippen molar-refractivity contribution in [2.75, 3.05) is 0 Å². The maximum atomic E-state index is 5.28. The van der Waals surface area contributed by atoms with Crippen LogP contribution in [0, 0.1) is 0 Å². The lowest BCUT2D eigenvalue weighted by Crippen LogP contribution is -2.48. The molecule has 2 heterocycles. The van der Waals surface area contributed by atoms with Crippen molar-refractivity contribution in [2.24, 2.45) is 0 Å². The topological polar surface area (TPSA) is 18.5 Å². The van der Waals surface area contributed by atoms with E-state index in [1.807, 2.05) is 0 Å². The third-order valence-corrected chi connectivity index (χ3v) is 3.58. The van der Waals surface area contributed by atoms with E-state index >= 15 is 0 Å². The Hall–Kier alpha value is -1.12. The highest BCUT2D eigenvalue weighted by atomic mass is 17.2. The van der Waals surface area contributed by atoms with Crippen LogP contribution in [-0.4, -0.2) is 12.2 Å². The second-order valence-corrected chi connectivity index (χ2v) is 4.19. The quantitative estimate of drug-likeness (QED) is 0.456. The SMILES string of the molecule is C1=C[C@H]2OO[C@@H]1[C@H]1c3ccccc3[C@H]12. The largest absolute Gasteiger partial charge is 0.228 e. The molecule has 0 aromatic heterocycles. The molecule has 2 heteroatoms. The normalized spacial score (nSPS) is 41.4. The lowest BCUT2D eigenvalue weighted by Gasteiger charge is -2.51. The minimum atomic E-state index is 0.139. The molecule has 1 aromatic rings. The molecule has 1 fully saturated rings. The van der Waals surface area contributed by atoms with E-state index in [4.69, 9.17) is 9.78 Å². The van der Waals surface area contributed by atoms with E-state index in [0.717, 1.165) is 0 Å². The molecule has 0 N–H and O–H groups in total. The molecule has 0 saturated carbocycles. The summed E-state index contributed by atoms with van der Waals surface area (Å²) < 4.78 is 0. The average Bonchev–Trinajstić information content (AvgIpc) is 2.25. The van der Waals surface area contributed by atoms with Gasteiger partial charge in [-0.2, -0.15) is 0 Å². The van der Waals surface area contributed by atoms with Crippen LogP contribution in [0.4, 0.5) is 0 Å². The fourth-order valence-electron chi connectivity index (χ4n) is 2.94. The Bertz CT molecular complexity index is 385. The molecule has 2 bridgehead atoms. The zero-order chi connectivity index (χ0) is 9.12. The van der Waals surface area contributed by atoms with E-state index in [-0.39, 0.29) is 12.2 Å². The summed E-state index contributed by atoms with van der Waals surface area (Å²) in [6.07, 6.45) is 4.54. The highest BCUT2D eigenvalue weighted by molar-refractivity contribution is 5.50. The summed E-state index contributed by atoms with van der Waals surface area (Å²) in [4.78, 5) is 10.6. The van der Waals surface area contributed by atoms with Gasteiger partial charge < -0.3 is 0 Å². The molecule has 2 aliphatic carbocycles. The van der Waals surface area contributed by atoms with Crippen molar-refractivity contribution in [1.29, 1.82) is 0 Å². The van der Waals surface area contributed by atoms with Crippen LogP contribution in [0.15, 0.2) is 36.4 Å². The number of benzene rings is 1. The first-order valence-electron chi connectivity index (χ1n) is 5.04. The molecule has 1 saturated heterocycles. The Morgan fingerprint density at radius 1 is 0.786 bits per heavy atom. The minimum Gasteiger partial charge on any atom is -0.228 e. The van der Waals surface area contributed by atoms with Crippen LogP contribution in [0.5, 0.6) is 0 Å². The van der Waals surface area contributed by atoms with Gasteiger partial charge in [-0.1, -0.05) is 36.4 Å². The standard InChI is InChI=1S/C12H10O2/c1-2-4-8-7(3-1)11-9-5-6-10(12(8)11)14-13-9/h1-6,9-12H/t9-,10+,11+,12-. The van der Waals surface area contributed by atoms with Gasteiger partial charge in [-0.15, -0.1) is 0 Å². The number of hydrogen-bond donors (Lipinski definition) is 0. The number of fused-ring (bicyclic) bond motifs is 2. The van der Waals surface area contributed by atoms with Crippen molar-refractivity contribution in [2.45, 2.75) is 24.0 Å². The van der Waals surface area contributed by atoms with Crippen LogP contribution in [0.3, 0.4) is 0 Å². The summed E-state index contributed by atoms with van der Waals surface area (Å²) in [5, 5.41) is 0. The zero-order valence-corrected chi connectivity index (χ0v) is 7.59. The van der Waals surface area contributed by atoms with Gasteiger partial charge >= 0.3 is 0 Å². The predicted octanol–water partition coefficient (Wildman–Crippen LogP) is 2.14. The van der Waals surface area contributed by atoms with Crippen molar-refractivity contribution in [3.63, 3.8) is 0 Å². The molecular weight excluding hydrogens is 176 g/mol. The Morgan fingerprint density at radius 2 is 1.29 bits per heavy atom. The van der Waals surface area contributed by atoms with Gasteiger partial charge in [-0.05, 0) is 11.1 Å². The van der Waals surface area contributed by atoms with E-state index in [9.17, 15) is 0 Å². The summed E-state index contributed by atoms with van der Waals surface area (Å²) in [5.74, 6) is 1.07. The molecule has 2 aliphatic heterocycles. The minimum absolute atomic E-state index is 0.139. The molecule has 1 aromatic carbocycles.